The molecule has 0 aliphatic carbocycles. The van der Waals surface area contributed by atoms with E-state index in [1.54, 1.807) is 6.20 Å². The van der Waals surface area contributed by atoms with Crippen LogP contribution >= 0.6 is 11.8 Å². The molecule has 0 unspecified atom stereocenters. The van der Waals surface area contributed by atoms with Crippen LogP contribution in [0, 0.1) is 0 Å². The van der Waals surface area contributed by atoms with Crippen molar-refractivity contribution in [3.05, 3.63) is 35.4 Å². The minimum Gasteiger partial charge on any atom is -0.326 e. The highest BCUT2D eigenvalue weighted by Gasteiger charge is 2.14. The molecule has 0 saturated heterocycles. The lowest BCUT2D eigenvalue weighted by molar-refractivity contribution is 0.781. The van der Waals surface area contributed by atoms with Crippen molar-refractivity contribution in [2.75, 3.05) is 0 Å². The normalized spacial score (nSPS) is 10.7. The number of nitrogens with two attached hydrogens (primary N) is 1. The number of aromatic nitrogens is 4. The van der Waals surface area contributed by atoms with Crippen LogP contribution in [0.15, 0.2) is 28.6 Å². The van der Waals surface area contributed by atoms with E-state index in [9.17, 15) is 0 Å². The molecule has 100 valence electrons. The van der Waals surface area contributed by atoms with E-state index >= 15 is 0 Å². The Bertz CT molecular complexity index is 544. The van der Waals surface area contributed by atoms with Gasteiger partial charge < -0.3 is 5.73 Å². The van der Waals surface area contributed by atoms with Crippen LogP contribution in [0.2, 0.25) is 0 Å². The quantitative estimate of drug-likeness (QED) is 0.841. The van der Waals surface area contributed by atoms with Gasteiger partial charge in [-0.15, -0.1) is 5.10 Å². The number of hydrogen-bond donors (Lipinski definition) is 1. The zero-order valence-corrected chi connectivity index (χ0v) is 11.9. The molecule has 6 heteroatoms. The second-order valence-corrected chi connectivity index (χ2v) is 4.98. The standard InChI is InChI=1S/C13H17N5S/c1-3-9-10(7-14)13(18-17-11(9)4-2)19-12-5-6-15-8-16-12/h5-6,8H,3-4,7,14H2,1-2H3. The Labute approximate surface area is 117 Å². The average Bonchev–Trinajstić information content (AvgIpc) is 2.47. The van der Waals surface area contributed by atoms with Crippen molar-refractivity contribution in [2.24, 2.45) is 5.73 Å². The van der Waals surface area contributed by atoms with Crippen molar-refractivity contribution in [1.29, 1.82) is 0 Å². The molecule has 0 spiro atoms. The average molecular weight is 275 g/mol. The molecule has 0 atom stereocenters. The van der Waals surface area contributed by atoms with Crippen LogP contribution in [0.4, 0.5) is 0 Å². The summed E-state index contributed by atoms with van der Waals surface area (Å²) in [7, 11) is 0. The maximum atomic E-state index is 5.89. The van der Waals surface area contributed by atoms with E-state index in [4.69, 9.17) is 5.73 Å². The van der Waals surface area contributed by atoms with Gasteiger partial charge in [-0.25, -0.2) is 9.97 Å². The minimum atomic E-state index is 0.471. The van der Waals surface area contributed by atoms with E-state index < -0.39 is 0 Å². The molecule has 5 nitrogen and oxygen atoms in total. The van der Waals surface area contributed by atoms with E-state index in [0.717, 1.165) is 34.2 Å². The van der Waals surface area contributed by atoms with Gasteiger partial charge in [-0.2, -0.15) is 5.10 Å². The van der Waals surface area contributed by atoms with Crippen molar-refractivity contribution >= 4 is 11.8 Å². The molecule has 0 radical (unpaired) electrons. The first-order valence-corrected chi connectivity index (χ1v) is 7.13. The van der Waals surface area contributed by atoms with Gasteiger partial charge in [0.2, 0.25) is 0 Å². The van der Waals surface area contributed by atoms with Crippen molar-refractivity contribution in [3.8, 4) is 0 Å². The van der Waals surface area contributed by atoms with Gasteiger partial charge >= 0.3 is 0 Å². The Balaban J connectivity index is 2.40. The summed E-state index contributed by atoms with van der Waals surface area (Å²) >= 11 is 1.48. The Morgan fingerprint density at radius 3 is 2.58 bits per heavy atom. The molecular weight excluding hydrogens is 258 g/mol. The third-order valence-electron chi connectivity index (χ3n) is 2.88. The lowest BCUT2D eigenvalue weighted by Crippen LogP contribution is -2.10. The summed E-state index contributed by atoms with van der Waals surface area (Å²) in [6, 6.07) is 1.85. The highest BCUT2D eigenvalue weighted by atomic mass is 32.2. The molecule has 0 saturated carbocycles. The number of rotatable bonds is 5. The van der Waals surface area contributed by atoms with E-state index in [1.165, 1.54) is 23.7 Å². The monoisotopic (exact) mass is 275 g/mol. The molecular formula is C13H17N5S. The summed E-state index contributed by atoms with van der Waals surface area (Å²) in [5, 5.41) is 10.3. The van der Waals surface area contributed by atoms with Gasteiger partial charge in [0.1, 0.15) is 16.4 Å². The Morgan fingerprint density at radius 1 is 1.16 bits per heavy atom. The minimum absolute atomic E-state index is 0.471. The predicted molar refractivity (Wildman–Crippen MR) is 74.8 cm³/mol. The summed E-state index contributed by atoms with van der Waals surface area (Å²) < 4.78 is 0. The molecule has 2 rings (SSSR count). The van der Waals surface area contributed by atoms with E-state index in [1.807, 2.05) is 6.07 Å². The first-order valence-electron chi connectivity index (χ1n) is 6.31. The molecule has 0 bridgehead atoms. The topological polar surface area (TPSA) is 77.6 Å². The van der Waals surface area contributed by atoms with Crippen LogP contribution in [-0.2, 0) is 19.4 Å². The predicted octanol–water partition coefficient (Wildman–Crippen LogP) is 2.00. The second kappa shape index (κ2) is 6.58. The molecule has 2 aromatic rings. The Morgan fingerprint density at radius 2 is 2.00 bits per heavy atom. The fourth-order valence-corrected chi connectivity index (χ4v) is 2.80. The summed E-state index contributed by atoms with van der Waals surface area (Å²) in [6.07, 6.45) is 5.04. The maximum absolute atomic E-state index is 5.89. The largest absolute Gasteiger partial charge is 0.326 e. The molecule has 2 aromatic heterocycles. The smallest absolute Gasteiger partial charge is 0.130 e. The van der Waals surface area contributed by atoms with Crippen LogP contribution in [0.25, 0.3) is 0 Å². The van der Waals surface area contributed by atoms with Gasteiger partial charge in [-0.3, -0.25) is 0 Å². The fraction of sp³-hybridized carbons (Fsp3) is 0.385. The molecule has 0 fully saturated rings. The lowest BCUT2D eigenvalue weighted by Gasteiger charge is -2.13. The van der Waals surface area contributed by atoms with Crippen LogP contribution < -0.4 is 5.73 Å². The van der Waals surface area contributed by atoms with Crippen molar-refractivity contribution < 1.29 is 0 Å². The SMILES string of the molecule is CCc1nnc(Sc2ccncn2)c(CN)c1CC. The van der Waals surface area contributed by atoms with Crippen molar-refractivity contribution in [1.82, 2.24) is 20.2 Å². The zero-order chi connectivity index (χ0) is 13.7. The van der Waals surface area contributed by atoms with E-state index in [0.29, 0.717) is 6.54 Å². The first kappa shape index (κ1) is 13.9. The summed E-state index contributed by atoms with van der Waals surface area (Å²) in [5.74, 6) is 0. The number of aryl methyl sites for hydroxylation is 1. The van der Waals surface area contributed by atoms with Gasteiger partial charge in [0.25, 0.3) is 0 Å². The van der Waals surface area contributed by atoms with E-state index in [-0.39, 0.29) is 0 Å². The van der Waals surface area contributed by atoms with Gasteiger partial charge in [0.05, 0.1) is 5.69 Å². The van der Waals surface area contributed by atoms with Crippen LogP contribution in [0.5, 0.6) is 0 Å². The zero-order valence-electron chi connectivity index (χ0n) is 11.1. The molecule has 2 N–H and O–H groups in total. The number of nitrogens with zero attached hydrogens (tertiary/aromatic N) is 4. The molecule has 0 aliphatic rings. The summed E-state index contributed by atoms with van der Waals surface area (Å²) in [6.45, 7) is 4.67. The van der Waals surface area contributed by atoms with Crippen LogP contribution in [0.3, 0.4) is 0 Å². The molecule has 2 heterocycles. The highest BCUT2D eigenvalue weighted by molar-refractivity contribution is 7.99. The van der Waals surface area contributed by atoms with Crippen molar-refractivity contribution in [2.45, 2.75) is 43.3 Å². The third kappa shape index (κ3) is 3.08. The third-order valence-corrected chi connectivity index (χ3v) is 3.85. The van der Waals surface area contributed by atoms with Gasteiger partial charge in [-0.1, -0.05) is 13.8 Å². The Kier molecular flexibility index (Phi) is 4.81. The summed E-state index contributed by atoms with van der Waals surface area (Å²) in [5.41, 5.74) is 9.23. The number of hydrogen-bond acceptors (Lipinski definition) is 6. The van der Waals surface area contributed by atoms with Crippen molar-refractivity contribution in [3.63, 3.8) is 0 Å². The fourth-order valence-electron chi connectivity index (χ4n) is 1.96. The lowest BCUT2D eigenvalue weighted by atomic mass is 10.0. The molecule has 19 heavy (non-hydrogen) atoms. The van der Waals surface area contributed by atoms with E-state index in [2.05, 4.69) is 34.0 Å². The van der Waals surface area contributed by atoms with Crippen LogP contribution in [-0.4, -0.2) is 20.2 Å². The van der Waals surface area contributed by atoms with Gasteiger partial charge in [0.15, 0.2) is 0 Å². The first-order chi connectivity index (χ1) is 9.30. The molecule has 0 amide bonds. The molecule has 0 aliphatic heterocycles. The summed E-state index contributed by atoms with van der Waals surface area (Å²) in [4.78, 5) is 8.10. The van der Waals surface area contributed by atoms with Gasteiger partial charge in [0, 0.05) is 18.3 Å². The highest BCUT2D eigenvalue weighted by Crippen LogP contribution is 2.29. The van der Waals surface area contributed by atoms with Crippen LogP contribution in [0.1, 0.15) is 30.7 Å². The maximum Gasteiger partial charge on any atom is 0.130 e. The molecule has 0 aromatic carbocycles. The van der Waals surface area contributed by atoms with Gasteiger partial charge in [-0.05, 0) is 36.2 Å². The second-order valence-electron chi connectivity index (χ2n) is 3.97. The Hall–Kier alpha value is -1.53.